The topological polar surface area (TPSA) is 156 Å². The highest BCUT2D eigenvalue weighted by molar-refractivity contribution is 5.97. The lowest BCUT2D eigenvalue weighted by Gasteiger charge is -2.11. The van der Waals surface area contributed by atoms with E-state index in [-0.39, 0.29) is 28.4 Å². The molecule has 12 nitrogen and oxygen atoms in total. The van der Waals surface area contributed by atoms with Crippen LogP contribution >= 0.6 is 0 Å². The number of amides is 1. The van der Waals surface area contributed by atoms with Crippen molar-refractivity contribution in [1.82, 2.24) is 5.43 Å². The van der Waals surface area contributed by atoms with E-state index in [0.717, 1.165) is 12.3 Å². The molecule has 0 aliphatic heterocycles. The minimum atomic E-state index is -0.945. The smallest absolute Gasteiger partial charge is 0.343 e. The van der Waals surface area contributed by atoms with Crippen molar-refractivity contribution in [3.63, 3.8) is 0 Å². The van der Waals surface area contributed by atoms with Crippen molar-refractivity contribution in [3.05, 3.63) is 87.5 Å². The van der Waals surface area contributed by atoms with Crippen LogP contribution in [0.1, 0.15) is 33.2 Å². The standard InChI is InChI=1S/C25H21N3O9/c1-15(29)36-21-12-9-17(13-22(21)35-3)25(31)37-23-18(5-4-6-20(23)28(32)33)14-26-27-24(30)16-7-10-19(34-2)11-8-16/h4-14H,1-3H3,(H,27,30)/b26-14+. The highest BCUT2D eigenvalue weighted by atomic mass is 16.6. The summed E-state index contributed by atoms with van der Waals surface area (Å²) >= 11 is 0. The van der Waals surface area contributed by atoms with Gasteiger partial charge in [0, 0.05) is 24.1 Å². The molecule has 0 saturated carbocycles. The van der Waals surface area contributed by atoms with Crippen LogP contribution in [0, 0.1) is 10.1 Å². The first-order valence-electron chi connectivity index (χ1n) is 10.6. The van der Waals surface area contributed by atoms with Gasteiger partial charge in [-0.25, -0.2) is 10.2 Å². The van der Waals surface area contributed by atoms with E-state index in [9.17, 15) is 24.5 Å². The summed E-state index contributed by atoms with van der Waals surface area (Å²) in [6.45, 7) is 1.21. The lowest BCUT2D eigenvalue weighted by atomic mass is 10.1. The number of nitro groups is 1. The zero-order valence-electron chi connectivity index (χ0n) is 19.9. The number of nitrogens with zero attached hydrogens (tertiary/aromatic N) is 2. The van der Waals surface area contributed by atoms with Crippen LogP contribution in [0.25, 0.3) is 0 Å². The molecule has 0 aliphatic rings. The molecule has 0 spiro atoms. The van der Waals surface area contributed by atoms with Crippen LogP contribution in [-0.2, 0) is 4.79 Å². The van der Waals surface area contributed by atoms with Gasteiger partial charge in [0.1, 0.15) is 5.75 Å². The number of benzene rings is 3. The molecular formula is C25H21N3O9. The third-order valence-electron chi connectivity index (χ3n) is 4.79. The van der Waals surface area contributed by atoms with Crippen LogP contribution in [0.3, 0.4) is 0 Å². The van der Waals surface area contributed by atoms with E-state index in [1.54, 1.807) is 12.1 Å². The molecule has 37 heavy (non-hydrogen) atoms. The molecule has 3 aromatic carbocycles. The van der Waals surface area contributed by atoms with Crippen LogP contribution in [-0.4, -0.2) is 43.2 Å². The Morgan fingerprint density at radius 1 is 0.919 bits per heavy atom. The molecule has 0 aromatic heterocycles. The van der Waals surface area contributed by atoms with Gasteiger partial charge in [0.15, 0.2) is 11.5 Å². The van der Waals surface area contributed by atoms with E-state index >= 15 is 0 Å². The third-order valence-corrected chi connectivity index (χ3v) is 4.79. The van der Waals surface area contributed by atoms with E-state index in [0.29, 0.717) is 11.3 Å². The number of para-hydroxylation sites is 1. The SMILES string of the molecule is COc1ccc(C(=O)N/N=C/c2cccc([N+](=O)[O-])c2OC(=O)c2ccc(OC(C)=O)c(OC)c2)cc1. The number of hydrogen-bond acceptors (Lipinski definition) is 10. The van der Waals surface area contributed by atoms with Gasteiger partial charge in [0.25, 0.3) is 5.91 Å². The Balaban J connectivity index is 1.84. The molecule has 0 atom stereocenters. The Labute approximate surface area is 210 Å². The predicted octanol–water partition coefficient (Wildman–Crippen LogP) is 3.52. The van der Waals surface area contributed by atoms with Crippen molar-refractivity contribution in [3.8, 4) is 23.0 Å². The second-order valence-corrected chi connectivity index (χ2v) is 7.23. The zero-order chi connectivity index (χ0) is 26.9. The van der Waals surface area contributed by atoms with Crippen LogP contribution in [0.2, 0.25) is 0 Å². The lowest BCUT2D eigenvalue weighted by Crippen LogP contribution is -2.17. The molecule has 3 aromatic rings. The largest absolute Gasteiger partial charge is 0.497 e. The van der Waals surface area contributed by atoms with Crippen molar-refractivity contribution in [2.24, 2.45) is 5.10 Å². The third kappa shape index (κ3) is 6.66. The molecule has 0 fully saturated rings. The Hall–Kier alpha value is -5.26. The first kappa shape index (κ1) is 26.3. The number of nitrogens with one attached hydrogen (secondary N) is 1. The van der Waals surface area contributed by atoms with E-state index in [1.807, 2.05) is 0 Å². The quantitative estimate of drug-likeness (QED) is 0.150. The molecule has 190 valence electrons. The summed E-state index contributed by atoms with van der Waals surface area (Å²) in [5.74, 6) is -1.73. The summed E-state index contributed by atoms with van der Waals surface area (Å²) in [5, 5.41) is 15.4. The van der Waals surface area contributed by atoms with Crippen LogP contribution in [0.5, 0.6) is 23.0 Å². The lowest BCUT2D eigenvalue weighted by molar-refractivity contribution is -0.385. The number of esters is 2. The number of methoxy groups -OCH3 is 2. The number of nitro benzene ring substituents is 1. The van der Waals surface area contributed by atoms with Crippen LogP contribution < -0.4 is 24.4 Å². The summed E-state index contributed by atoms with van der Waals surface area (Å²) in [5.41, 5.74) is 2.14. The molecule has 0 unspecified atom stereocenters. The molecular weight excluding hydrogens is 486 g/mol. The summed E-state index contributed by atoms with van der Waals surface area (Å²) in [7, 11) is 2.81. The van der Waals surface area contributed by atoms with Gasteiger partial charge in [-0.15, -0.1) is 0 Å². The highest BCUT2D eigenvalue weighted by Gasteiger charge is 2.23. The van der Waals surface area contributed by atoms with Gasteiger partial charge in [-0.05, 0) is 48.5 Å². The fourth-order valence-corrected chi connectivity index (χ4v) is 3.05. The van der Waals surface area contributed by atoms with Crippen LogP contribution in [0.4, 0.5) is 5.69 Å². The number of hydrogen-bond donors (Lipinski definition) is 1. The maximum absolute atomic E-state index is 12.8. The fourth-order valence-electron chi connectivity index (χ4n) is 3.05. The van der Waals surface area contributed by atoms with Crippen LogP contribution in [0.15, 0.2) is 65.8 Å². The predicted molar refractivity (Wildman–Crippen MR) is 130 cm³/mol. The minimum Gasteiger partial charge on any atom is -0.497 e. The number of hydrazone groups is 1. The Morgan fingerprint density at radius 3 is 2.24 bits per heavy atom. The van der Waals surface area contributed by atoms with Gasteiger partial charge in [0.2, 0.25) is 5.75 Å². The van der Waals surface area contributed by atoms with Gasteiger partial charge >= 0.3 is 17.6 Å². The monoisotopic (exact) mass is 507 g/mol. The van der Waals surface area contributed by atoms with E-state index in [1.165, 1.54) is 63.6 Å². The van der Waals surface area contributed by atoms with Crippen molar-refractivity contribution in [2.75, 3.05) is 14.2 Å². The number of rotatable bonds is 9. The summed E-state index contributed by atoms with van der Waals surface area (Å²) in [6, 6.07) is 14.1. The highest BCUT2D eigenvalue weighted by Crippen LogP contribution is 2.32. The fraction of sp³-hybridized carbons (Fsp3) is 0.120. The Kier molecular flexibility index (Phi) is 8.49. The number of carbonyl (C=O) groups is 3. The first-order chi connectivity index (χ1) is 17.7. The van der Waals surface area contributed by atoms with Gasteiger partial charge in [-0.1, -0.05) is 6.07 Å². The normalized spacial score (nSPS) is 10.5. The summed E-state index contributed by atoms with van der Waals surface area (Å²) in [6.07, 6.45) is 1.11. The second kappa shape index (κ2) is 11.9. The Bertz CT molecular complexity index is 1370. The van der Waals surface area contributed by atoms with Gasteiger partial charge < -0.3 is 18.9 Å². The molecule has 1 N–H and O–H groups in total. The minimum absolute atomic E-state index is 0.0263. The van der Waals surface area contributed by atoms with Gasteiger partial charge in [-0.3, -0.25) is 19.7 Å². The molecule has 0 saturated heterocycles. The van der Waals surface area contributed by atoms with Crippen molar-refractivity contribution < 1.29 is 38.3 Å². The van der Waals surface area contributed by atoms with Crippen molar-refractivity contribution in [1.29, 1.82) is 0 Å². The number of ether oxygens (including phenoxy) is 4. The van der Waals surface area contributed by atoms with E-state index < -0.39 is 28.5 Å². The summed E-state index contributed by atoms with van der Waals surface area (Å²) in [4.78, 5) is 47.2. The average Bonchev–Trinajstić information content (AvgIpc) is 2.89. The second-order valence-electron chi connectivity index (χ2n) is 7.23. The molecule has 1 amide bonds. The van der Waals surface area contributed by atoms with E-state index in [2.05, 4.69) is 10.5 Å². The van der Waals surface area contributed by atoms with Crippen molar-refractivity contribution >= 4 is 29.7 Å². The molecule has 3 rings (SSSR count). The first-order valence-corrected chi connectivity index (χ1v) is 10.6. The van der Waals surface area contributed by atoms with Gasteiger partial charge in [0.05, 0.1) is 30.9 Å². The number of carbonyl (C=O) groups excluding carboxylic acids is 3. The van der Waals surface area contributed by atoms with Crippen molar-refractivity contribution in [2.45, 2.75) is 6.92 Å². The maximum Gasteiger partial charge on any atom is 0.343 e. The zero-order valence-corrected chi connectivity index (χ0v) is 19.9. The molecule has 12 heteroatoms. The van der Waals surface area contributed by atoms with Gasteiger partial charge in [-0.2, -0.15) is 5.10 Å². The average molecular weight is 507 g/mol. The maximum atomic E-state index is 12.8. The molecule has 0 bridgehead atoms. The Morgan fingerprint density at radius 2 is 1.62 bits per heavy atom. The molecule has 0 aliphatic carbocycles. The summed E-state index contributed by atoms with van der Waals surface area (Å²) < 4.78 is 20.5. The van der Waals surface area contributed by atoms with E-state index in [4.69, 9.17) is 18.9 Å². The molecule has 0 heterocycles. The molecule has 0 radical (unpaired) electrons.